The van der Waals surface area contributed by atoms with Gasteiger partial charge in [-0.1, -0.05) is 12.8 Å². The monoisotopic (exact) mass is 159 g/mol. The smallest absolute Gasteiger partial charge is 0.0441 e. The average molecular weight is 159 g/mol. The Labute approximate surface area is 68.2 Å². The van der Waals surface area contributed by atoms with E-state index in [1.165, 1.54) is 44.6 Å². The maximum absolute atomic E-state index is 2.57. The van der Waals surface area contributed by atoms with Crippen LogP contribution in [0.4, 0.5) is 0 Å². The second-order valence-electron chi connectivity index (χ2n) is 2.95. The first-order valence-corrected chi connectivity index (χ1v) is 5.54. The van der Waals surface area contributed by atoms with Crippen LogP contribution in [0.3, 0.4) is 0 Å². The molecule has 60 valence electrons. The highest BCUT2D eigenvalue weighted by atomic mass is 32.2. The molecule has 1 aliphatic heterocycles. The number of likely N-dealkylation sites (tertiary alicyclic amines) is 1. The Hall–Kier alpha value is 0.310. The van der Waals surface area contributed by atoms with Crippen LogP contribution in [-0.4, -0.2) is 30.1 Å². The molecule has 0 aromatic carbocycles. The molecule has 0 aromatic heterocycles. The third-order valence-electron chi connectivity index (χ3n) is 2.01. The van der Waals surface area contributed by atoms with Gasteiger partial charge in [-0.15, -0.1) is 11.8 Å². The predicted molar refractivity (Wildman–Crippen MR) is 48.4 cm³/mol. The summed E-state index contributed by atoms with van der Waals surface area (Å²) in [4.78, 5) is 2.57. The lowest BCUT2D eigenvalue weighted by Gasteiger charge is -2.17. The Morgan fingerprint density at radius 3 is 2.20 bits per heavy atom. The van der Waals surface area contributed by atoms with Gasteiger partial charge >= 0.3 is 0 Å². The normalized spacial score (nSPS) is 22.5. The van der Waals surface area contributed by atoms with Crippen LogP contribution in [0.1, 0.15) is 25.7 Å². The minimum Gasteiger partial charge on any atom is -0.294 e. The fraction of sp³-hybridized carbons (Fsp3) is 1.00. The molecule has 0 saturated carbocycles. The Morgan fingerprint density at radius 2 is 1.70 bits per heavy atom. The molecule has 1 aliphatic rings. The summed E-state index contributed by atoms with van der Waals surface area (Å²) < 4.78 is 0. The van der Waals surface area contributed by atoms with Crippen LogP contribution in [0.25, 0.3) is 0 Å². The standard InChI is InChI=1S/C8H17NS/c1-10-8-9-6-4-2-3-5-7-9/h2-8H2,1H3. The first-order chi connectivity index (χ1) is 4.93. The minimum atomic E-state index is 1.24. The van der Waals surface area contributed by atoms with Gasteiger partial charge in [0.15, 0.2) is 0 Å². The van der Waals surface area contributed by atoms with Crippen molar-refractivity contribution >= 4 is 11.8 Å². The van der Waals surface area contributed by atoms with E-state index >= 15 is 0 Å². The zero-order valence-electron chi connectivity index (χ0n) is 6.81. The highest BCUT2D eigenvalue weighted by molar-refractivity contribution is 7.98. The maximum atomic E-state index is 2.57. The lowest BCUT2D eigenvalue weighted by atomic mass is 10.2. The van der Waals surface area contributed by atoms with Crippen molar-refractivity contribution in [1.82, 2.24) is 4.90 Å². The number of hydrogen-bond acceptors (Lipinski definition) is 2. The van der Waals surface area contributed by atoms with Crippen molar-refractivity contribution in [2.45, 2.75) is 25.7 Å². The third-order valence-corrected chi connectivity index (χ3v) is 2.63. The van der Waals surface area contributed by atoms with E-state index < -0.39 is 0 Å². The number of hydrogen-bond donors (Lipinski definition) is 0. The van der Waals surface area contributed by atoms with Crippen molar-refractivity contribution in [2.24, 2.45) is 0 Å². The molecule has 0 radical (unpaired) electrons. The highest BCUT2D eigenvalue weighted by Crippen LogP contribution is 2.11. The van der Waals surface area contributed by atoms with Gasteiger partial charge in [0.1, 0.15) is 0 Å². The molecule has 2 heteroatoms. The Balaban J connectivity index is 2.15. The van der Waals surface area contributed by atoms with Gasteiger partial charge in [0.25, 0.3) is 0 Å². The molecule has 1 saturated heterocycles. The zero-order chi connectivity index (χ0) is 7.23. The molecule has 0 bridgehead atoms. The molecule has 1 rings (SSSR count). The van der Waals surface area contributed by atoms with Gasteiger partial charge < -0.3 is 0 Å². The largest absolute Gasteiger partial charge is 0.294 e. The Morgan fingerprint density at radius 1 is 1.10 bits per heavy atom. The molecule has 1 heterocycles. The van der Waals surface area contributed by atoms with Crippen LogP contribution >= 0.6 is 11.8 Å². The van der Waals surface area contributed by atoms with Crippen molar-refractivity contribution in [2.75, 3.05) is 25.2 Å². The van der Waals surface area contributed by atoms with Crippen LogP contribution in [0.5, 0.6) is 0 Å². The van der Waals surface area contributed by atoms with Crippen molar-refractivity contribution in [3.8, 4) is 0 Å². The van der Waals surface area contributed by atoms with E-state index in [9.17, 15) is 0 Å². The number of rotatable bonds is 2. The molecule has 0 unspecified atom stereocenters. The summed E-state index contributed by atoms with van der Waals surface area (Å²) in [6, 6.07) is 0. The van der Waals surface area contributed by atoms with E-state index in [4.69, 9.17) is 0 Å². The van der Waals surface area contributed by atoms with Crippen molar-refractivity contribution in [3.05, 3.63) is 0 Å². The molecule has 1 nitrogen and oxygen atoms in total. The molecule has 0 atom stereocenters. The molecule has 10 heavy (non-hydrogen) atoms. The molecular formula is C8H17NS. The van der Waals surface area contributed by atoms with Crippen molar-refractivity contribution in [1.29, 1.82) is 0 Å². The topological polar surface area (TPSA) is 3.24 Å². The van der Waals surface area contributed by atoms with Crippen molar-refractivity contribution in [3.63, 3.8) is 0 Å². The highest BCUT2D eigenvalue weighted by Gasteiger charge is 2.06. The summed E-state index contributed by atoms with van der Waals surface area (Å²) in [7, 11) is 0. The molecule has 0 spiro atoms. The second-order valence-corrected chi connectivity index (χ2v) is 3.79. The Kier molecular flexibility index (Phi) is 4.23. The van der Waals surface area contributed by atoms with Gasteiger partial charge in [0.2, 0.25) is 0 Å². The van der Waals surface area contributed by atoms with Crippen LogP contribution in [0.2, 0.25) is 0 Å². The van der Waals surface area contributed by atoms with Crippen LogP contribution in [0, 0.1) is 0 Å². The number of thioether (sulfide) groups is 1. The molecule has 0 amide bonds. The third kappa shape index (κ3) is 2.93. The summed E-state index contributed by atoms with van der Waals surface area (Å²) in [5, 5.41) is 0. The molecular weight excluding hydrogens is 142 g/mol. The fourth-order valence-corrected chi connectivity index (χ4v) is 2.07. The van der Waals surface area contributed by atoms with Gasteiger partial charge in [-0.25, -0.2) is 0 Å². The molecule has 0 N–H and O–H groups in total. The second kappa shape index (κ2) is 5.03. The van der Waals surface area contributed by atoms with E-state index in [1.807, 2.05) is 11.8 Å². The average Bonchev–Trinajstić information content (AvgIpc) is 2.17. The van der Waals surface area contributed by atoms with Gasteiger partial charge in [0, 0.05) is 5.88 Å². The SMILES string of the molecule is CSCN1CCCCCC1. The first-order valence-electron chi connectivity index (χ1n) is 4.15. The first kappa shape index (κ1) is 8.41. The van der Waals surface area contributed by atoms with E-state index in [0.717, 1.165) is 0 Å². The summed E-state index contributed by atoms with van der Waals surface area (Å²) in [5.41, 5.74) is 0. The zero-order valence-corrected chi connectivity index (χ0v) is 7.62. The van der Waals surface area contributed by atoms with E-state index in [0.29, 0.717) is 0 Å². The maximum Gasteiger partial charge on any atom is 0.0441 e. The van der Waals surface area contributed by atoms with E-state index in [-0.39, 0.29) is 0 Å². The van der Waals surface area contributed by atoms with Gasteiger partial charge in [0.05, 0.1) is 0 Å². The summed E-state index contributed by atoms with van der Waals surface area (Å²) >= 11 is 1.94. The van der Waals surface area contributed by atoms with Crippen LogP contribution in [-0.2, 0) is 0 Å². The minimum absolute atomic E-state index is 1.24. The van der Waals surface area contributed by atoms with Gasteiger partial charge in [-0.3, -0.25) is 4.90 Å². The van der Waals surface area contributed by atoms with Gasteiger partial charge in [-0.2, -0.15) is 0 Å². The molecule has 0 aromatic rings. The fourth-order valence-electron chi connectivity index (χ4n) is 1.45. The van der Waals surface area contributed by atoms with Crippen LogP contribution in [0.15, 0.2) is 0 Å². The Bertz CT molecular complexity index is 77.3. The van der Waals surface area contributed by atoms with Gasteiger partial charge in [-0.05, 0) is 32.2 Å². The predicted octanol–water partition coefficient (Wildman–Crippen LogP) is 2.18. The van der Waals surface area contributed by atoms with Crippen LogP contribution < -0.4 is 0 Å². The number of nitrogens with zero attached hydrogens (tertiary/aromatic N) is 1. The van der Waals surface area contributed by atoms with E-state index in [1.54, 1.807) is 0 Å². The van der Waals surface area contributed by atoms with Crippen molar-refractivity contribution < 1.29 is 0 Å². The summed E-state index contributed by atoms with van der Waals surface area (Å²) in [6.45, 7) is 2.67. The molecule has 1 fully saturated rings. The lowest BCUT2D eigenvalue weighted by molar-refractivity contribution is 0.335. The summed E-state index contributed by atoms with van der Waals surface area (Å²) in [6.07, 6.45) is 7.92. The summed E-state index contributed by atoms with van der Waals surface area (Å²) in [5.74, 6) is 1.24. The van der Waals surface area contributed by atoms with E-state index in [2.05, 4.69) is 11.2 Å². The quantitative estimate of drug-likeness (QED) is 0.607. The lowest BCUT2D eigenvalue weighted by Crippen LogP contribution is -2.23. The molecule has 0 aliphatic carbocycles.